The molecule has 134 valence electrons. The zero-order chi connectivity index (χ0) is 17.5. The summed E-state index contributed by atoms with van der Waals surface area (Å²) in [5.41, 5.74) is 1.11. The lowest BCUT2D eigenvalue weighted by Crippen LogP contribution is -2.37. The summed E-state index contributed by atoms with van der Waals surface area (Å²) >= 11 is 0. The van der Waals surface area contributed by atoms with Crippen molar-refractivity contribution < 1.29 is 13.9 Å². The van der Waals surface area contributed by atoms with Gasteiger partial charge in [-0.15, -0.1) is 0 Å². The zero-order valence-corrected chi connectivity index (χ0v) is 14.5. The molecule has 0 aliphatic carbocycles. The Kier molecular flexibility index (Phi) is 6.30. The van der Waals surface area contributed by atoms with Crippen molar-refractivity contribution in [2.45, 2.75) is 26.0 Å². The number of benzene rings is 1. The van der Waals surface area contributed by atoms with Gasteiger partial charge in [0.2, 0.25) is 0 Å². The number of aromatic nitrogens is 2. The molecule has 3 rings (SSSR count). The van der Waals surface area contributed by atoms with Crippen LogP contribution in [0.4, 0.5) is 4.39 Å². The van der Waals surface area contributed by atoms with E-state index in [4.69, 9.17) is 9.47 Å². The Bertz CT molecular complexity index is 649. The molecule has 0 spiro atoms. The van der Waals surface area contributed by atoms with Crippen molar-refractivity contribution in [3.8, 4) is 5.75 Å². The van der Waals surface area contributed by atoms with Crippen LogP contribution in [0.3, 0.4) is 0 Å². The highest BCUT2D eigenvalue weighted by Gasteiger charge is 2.20. The molecule has 1 fully saturated rings. The van der Waals surface area contributed by atoms with Crippen molar-refractivity contribution in [2.24, 2.45) is 5.92 Å². The van der Waals surface area contributed by atoms with Gasteiger partial charge in [0.1, 0.15) is 18.2 Å². The van der Waals surface area contributed by atoms with Gasteiger partial charge in [0, 0.05) is 44.1 Å². The van der Waals surface area contributed by atoms with Crippen LogP contribution < -0.4 is 4.74 Å². The Morgan fingerprint density at radius 1 is 1.20 bits per heavy atom. The minimum atomic E-state index is -0.241. The summed E-state index contributed by atoms with van der Waals surface area (Å²) in [6.07, 6.45) is 6.06. The SMILES string of the molecule is COCc1ncc(CN2CCC[C@@H](COc3ccc(F)cc3)C2)cn1. The van der Waals surface area contributed by atoms with E-state index in [1.165, 1.54) is 12.1 Å². The second-order valence-electron chi connectivity index (χ2n) is 6.45. The Balaban J connectivity index is 1.48. The highest BCUT2D eigenvalue weighted by molar-refractivity contribution is 5.22. The van der Waals surface area contributed by atoms with Gasteiger partial charge in [-0.25, -0.2) is 14.4 Å². The second-order valence-corrected chi connectivity index (χ2v) is 6.45. The first-order valence-electron chi connectivity index (χ1n) is 8.62. The molecule has 1 aromatic carbocycles. The first-order valence-corrected chi connectivity index (χ1v) is 8.62. The predicted octanol–water partition coefficient (Wildman–Crippen LogP) is 3.05. The molecule has 1 aliphatic heterocycles. The smallest absolute Gasteiger partial charge is 0.153 e. The van der Waals surface area contributed by atoms with E-state index in [0.717, 1.165) is 43.8 Å². The number of hydrogen-bond acceptors (Lipinski definition) is 5. The number of halogens is 1. The van der Waals surface area contributed by atoms with Gasteiger partial charge < -0.3 is 9.47 Å². The minimum Gasteiger partial charge on any atom is -0.493 e. The van der Waals surface area contributed by atoms with Gasteiger partial charge in [-0.05, 0) is 43.7 Å². The fourth-order valence-electron chi connectivity index (χ4n) is 3.10. The van der Waals surface area contributed by atoms with Crippen molar-refractivity contribution >= 4 is 0 Å². The van der Waals surface area contributed by atoms with Gasteiger partial charge in [0.25, 0.3) is 0 Å². The van der Waals surface area contributed by atoms with Crippen molar-refractivity contribution in [2.75, 3.05) is 26.8 Å². The summed E-state index contributed by atoms with van der Waals surface area (Å²) in [7, 11) is 1.64. The van der Waals surface area contributed by atoms with Crippen LogP contribution >= 0.6 is 0 Å². The lowest BCUT2D eigenvalue weighted by molar-refractivity contribution is 0.125. The maximum Gasteiger partial charge on any atom is 0.153 e. The van der Waals surface area contributed by atoms with Crippen LogP contribution in [0.2, 0.25) is 0 Å². The van der Waals surface area contributed by atoms with E-state index in [0.29, 0.717) is 25.0 Å². The number of hydrogen-bond donors (Lipinski definition) is 0. The largest absolute Gasteiger partial charge is 0.493 e. The summed E-state index contributed by atoms with van der Waals surface area (Å²) in [5.74, 6) is 1.67. The first-order chi connectivity index (χ1) is 12.2. The van der Waals surface area contributed by atoms with Crippen molar-refractivity contribution in [3.05, 3.63) is 53.9 Å². The Hall–Kier alpha value is -2.05. The van der Waals surface area contributed by atoms with Crippen LogP contribution in [0, 0.1) is 11.7 Å². The molecule has 0 bridgehead atoms. The molecule has 1 aromatic heterocycles. The van der Waals surface area contributed by atoms with E-state index in [1.54, 1.807) is 19.2 Å². The zero-order valence-electron chi connectivity index (χ0n) is 14.5. The van der Waals surface area contributed by atoms with E-state index >= 15 is 0 Å². The molecule has 1 aliphatic rings. The van der Waals surface area contributed by atoms with Crippen LogP contribution in [0.1, 0.15) is 24.2 Å². The number of rotatable bonds is 7. The average Bonchev–Trinajstić information content (AvgIpc) is 2.64. The normalized spacial score (nSPS) is 18.2. The third kappa shape index (κ3) is 5.47. The monoisotopic (exact) mass is 345 g/mol. The third-order valence-corrected chi connectivity index (χ3v) is 4.34. The van der Waals surface area contributed by atoms with E-state index < -0.39 is 0 Å². The molecule has 2 aromatic rings. The van der Waals surface area contributed by atoms with E-state index in [9.17, 15) is 4.39 Å². The Morgan fingerprint density at radius 2 is 1.96 bits per heavy atom. The maximum atomic E-state index is 12.9. The molecule has 1 atom stereocenters. The molecule has 0 N–H and O–H groups in total. The molecule has 6 heteroatoms. The quantitative estimate of drug-likeness (QED) is 0.772. The van der Waals surface area contributed by atoms with Gasteiger partial charge >= 0.3 is 0 Å². The van der Waals surface area contributed by atoms with Gasteiger partial charge in [-0.1, -0.05) is 0 Å². The lowest BCUT2D eigenvalue weighted by atomic mass is 9.98. The van der Waals surface area contributed by atoms with Crippen LogP contribution in [0.25, 0.3) is 0 Å². The van der Waals surface area contributed by atoms with Crippen molar-refractivity contribution in [3.63, 3.8) is 0 Å². The fraction of sp³-hybridized carbons (Fsp3) is 0.474. The fourth-order valence-corrected chi connectivity index (χ4v) is 3.10. The van der Waals surface area contributed by atoms with Gasteiger partial charge in [-0.2, -0.15) is 0 Å². The molecular weight excluding hydrogens is 321 g/mol. The van der Waals surface area contributed by atoms with Crippen LogP contribution in [0.15, 0.2) is 36.7 Å². The standard InChI is InChI=1S/C19H24FN3O2/c1-24-14-19-21-9-16(10-22-19)12-23-8-2-3-15(11-23)13-25-18-6-4-17(20)5-7-18/h4-7,9-10,15H,2-3,8,11-14H2,1H3/t15-/m1/s1. The van der Waals surface area contributed by atoms with Gasteiger partial charge in [0.15, 0.2) is 5.82 Å². The lowest BCUT2D eigenvalue weighted by Gasteiger charge is -2.32. The molecule has 25 heavy (non-hydrogen) atoms. The molecule has 0 amide bonds. The predicted molar refractivity (Wildman–Crippen MR) is 92.6 cm³/mol. The summed E-state index contributed by atoms with van der Waals surface area (Å²) < 4.78 is 23.8. The van der Waals surface area contributed by atoms with Crippen molar-refractivity contribution in [1.82, 2.24) is 14.9 Å². The second kappa shape index (κ2) is 8.87. The molecule has 0 saturated carbocycles. The summed E-state index contributed by atoms with van der Waals surface area (Å²) in [5, 5.41) is 0. The van der Waals surface area contributed by atoms with Crippen LogP contribution in [0.5, 0.6) is 5.75 Å². The van der Waals surface area contributed by atoms with Crippen molar-refractivity contribution in [1.29, 1.82) is 0 Å². The Morgan fingerprint density at radius 3 is 2.68 bits per heavy atom. The van der Waals surface area contributed by atoms with E-state index in [1.807, 2.05) is 12.4 Å². The number of nitrogens with zero attached hydrogens (tertiary/aromatic N) is 3. The number of ether oxygens (including phenoxy) is 2. The summed E-state index contributed by atoms with van der Waals surface area (Å²) in [6.45, 7) is 4.01. The van der Waals surface area contributed by atoms with E-state index in [-0.39, 0.29) is 5.82 Å². The number of piperidine rings is 1. The maximum absolute atomic E-state index is 12.9. The third-order valence-electron chi connectivity index (χ3n) is 4.34. The summed E-state index contributed by atoms with van der Waals surface area (Å²) in [6, 6.07) is 6.20. The Labute approximate surface area is 147 Å². The minimum absolute atomic E-state index is 0.241. The average molecular weight is 345 g/mol. The topological polar surface area (TPSA) is 47.5 Å². The number of methoxy groups -OCH3 is 1. The van der Waals surface area contributed by atoms with Gasteiger partial charge in [-0.3, -0.25) is 4.90 Å². The highest BCUT2D eigenvalue weighted by Crippen LogP contribution is 2.20. The number of likely N-dealkylation sites (tertiary alicyclic amines) is 1. The van der Waals surface area contributed by atoms with Crippen LogP contribution in [-0.2, 0) is 17.9 Å². The molecule has 2 heterocycles. The molecule has 5 nitrogen and oxygen atoms in total. The molecule has 0 unspecified atom stereocenters. The highest BCUT2D eigenvalue weighted by atomic mass is 19.1. The van der Waals surface area contributed by atoms with Crippen LogP contribution in [-0.4, -0.2) is 41.7 Å². The molecular formula is C19H24FN3O2. The molecule has 0 radical (unpaired) electrons. The van der Waals surface area contributed by atoms with E-state index in [2.05, 4.69) is 14.9 Å². The summed E-state index contributed by atoms with van der Waals surface area (Å²) in [4.78, 5) is 11.0. The molecule has 1 saturated heterocycles. The first kappa shape index (κ1) is 17.8. The van der Waals surface area contributed by atoms with Gasteiger partial charge in [0.05, 0.1) is 6.61 Å².